The van der Waals surface area contributed by atoms with Crippen LogP contribution in [0.3, 0.4) is 0 Å². The predicted molar refractivity (Wildman–Crippen MR) is 69.5 cm³/mol. The Kier molecular flexibility index (Phi) is 2.86. The molecule has 1 aromatic carbocycles. The smallest absolute Gasteiger partial charge is 0.306 e. The second-order valence-electron chi connectivity index (χ2n) is 5.67. The average molecular weight is 245 g/mol. The maximum Gasteiger partial charge on any atom is 0.306 e. The van der Waals surface area contributed by atoms with Crippen LogP contribution in [-0.2, 0) is 17.6 Å². The predicted octanol–water partition coefficient (Wildman–Crippen LogP) is 1.81. The minimum absolute atomic E-state index is 0.204. The first kappa shape index (κ1) is 11.7. The first-order valence-electron chi connectivity index (χ1n) is 6.69. The lowest BCUT2D eigenvalue weighted by atomic mass is 9.85. The molecule has 18 heavy (non-hydrogen) atoms. The molecule has 0 bridgehead atoms. The van der Waals surface area contributed by atoms with Crippen molar-refractivity contribution in [1.82, 2.24) is 4.90 Å². The number of nitrogens with zero attached hydrogens (tertiary/aromatic N) is 1. The number of carboxylic acids is 1. The van der Waals surface area contributed by atoms with E-state index >= 15 is 0 Å². The van der Waals surface area contributed by atoms with Crippen LogP contribution in [-0.4, -0.2) is 35.1 Å². The summed E-state index contributed by atoms with van der Waals surface area (Å²) in [6.45, 7) is 3.73. The van der Waals surface area contributed by atoms with Crippen molar-refractivity contribution in [2.45, 2.75) is 25.8 Å². The molecule has 0 aromatic heterocycles. The van der Waals surface area contributed by atoms with E-state index in [-0.39, 0.29) is 5.92 Å². The van der Waals surface area contributed by atoms with Gasteiger partial charge in [-0.15, -0.1) is 0 Å². The molecule has 1 unspecified atom stereocenters. The summed E-state index contributed by atoms with van der Waals surface area (Å²) in [5.74, 6) is -0.523. The molecule has 1 fully saturated rings. The highest BCUT2D eigenvalue weighted by molar-refractivity contribution is 5.70. The quantitative estimate of drug-likeness (QED) is 0.883. The van der Waals surface area contributed by atoms with Crippen LogP contribution >= 0.6 is 0 Å². The summed E-state index contributed by atoms with van der Waals surface area (Å²) in [5.41, 5.74) is 2.94. The standard InChI is InChI=1S/C15H19NO2/c1-10(15(17)18)13-8-16(9-13)14-6-11-4-2-3-5-12(11)7-14/h2-5,10,13-14H,6-9H2,1H3,(H,17,18). The van der Waals surface area contributed by atoms with Gasteiger partial charge in [0.2, 0.25) is 0 Å². The van der Waals surface area contributed by atoms with Crippen molar-refractivity contribution in [2.75, 3.05) is 13.1 Å². The molecule has 1 N–H and O–H groups in total. The average Bonchev–Trinajstić information content (AvgIpc) is 2.69. The normalized spacial score (nSPS) is 22.5. The highest BCUT2D eigenvalue weighted by Crippen LogP contribution is 2.32. The van der Waals surface area contributed by atoms with Crippen LogP contribution in [0.4, 0.5) is 0 Å². The van der Waals surface area contributed by atoms with E-state index in [0.29, 0.717) is 12.0 Å². The van der Waals surface area contributed by atoms with Crippen molar-refractivity contribution in [3.8, 4) is 0 Å². The number of likely N-dealkylation sites (tertiary alicyclic amines) is 1. The van der Waals surface area contributed by atoms with Crippen LogP contribution in [0.25, 0.3) is 0 Å². The molecule has 1 aromatic rings. The molecule has 3 rings (SSSR count). The first-order valence-corrected chi connectivity index (χ1v) is 6.69. The number of carboxylic acid groups (broad SMARTS) is 1. The van der Waals surface area contributed by atoms with Crippen LogP contribution in [0.5, 0.6) is 0 Å². The number of aliphatic carboxylic acids is 1. The Morgan fingerprint density at radius 2 is 1.83 bits per heavy atom. The SMILES string of the molecule is CC(C(=O)O)C1CN(C2Cc3ccccc3C2)C1. The highest BCUT2D eigenvalue weighted by Gasteiger charge is 2.39. The summed E-state index contributed by atoms with van der Waals surface area (Å²) in [7, 11) is 0. The summed E-state index contributed by atoms with van der Waals surface area (Å²) >= 11 is 0. The minimum Gasteiger partial charge on any atom is -0.481 e. The van der Waals surface area contributed by atoms with E-state index in [0.717, 1.165) is 25.9 Å². The van der Waals surface area contributed by atoms with Crippen LogP contribution in [0.15, 0.2) is 24.3 Å². The molecule has 1 saturated heterocycles. The lowest BCUT2D eigenvalue weighted by Crippen LogP contribution is -2.55. The summed E-state index contributed by atoms with van der Waals surface area (Å²) < 4.78 is 0. The topological polar surface area (TPSA) is 40.5 Å². The van der Waals surface area contributed by atoms with E-state index < -0.39 is 5.97 Å². The molecule has 3 nitrogen and oxygen atoms in total. The van der Waals surface area contributed by atoms with Gasteiger partial charge in [0.1, 0.15) is 0 Å². The number of carbonyl (C=O) groups is 1. The van der Waals surface area contributed by atoms with Gasteiger partial charge in [0.25, 0.3) is 0 Å². The Morgan fingerprint density at radius 1 is 1.28 bits per heavy atom. The second-order valence-corrected chi connectivity index (χ2v) is 5.67. The Balaban J connectivity index is 1.57. The molecular weight excluding hydrogens is 226 g/mol. The lowest BCUT2D eigenvalue weighted by Gasteiger charge is -2.44. The third-order valence-corrected chi connectivity index (χ3v) is 4.58. The van der Waals surface area contributed by atoms with Crippen molar-refractivity contribution < 1.29 is 9.90 Å². The van der Waals surface area contributed by atoms with Crippen LogP contribution in [0.1, 0.15) is 18.1 Å². The Hall–Kier alpha value is -1.35. The van der Waals surface area contributed by atoms with Crippen molar-refractivity contribution in [3.63, 3.8) is 0 Å². The van der Waals surface area contributed by atoms with Gasteiger partial charge in [0.05, 0.1) is 5.92 Å². The van der Waals surface area contributed by atoms with E-state index in [9.17, 15) is 4.79 Å². The summed E-state index contributed by atoms with van der Waals surface area (Å²) in [6.07, 6.45) is 2.26. The zero-order chi connectivity index (χ0) is 12.7. The third-order valence-electron chi connectivity index (χ3n) is 4.58. The second kappa shape index (κ2) is 4.39. The number of rotatable bonds is 3. The maximum atomic E-state index is 10.9. The van der Waals surface area contributed by atoms with Crippen molar-refractivity contribution in [2.24, 2.45) is 11.8 Å². The number of fused-ring (bicyclic) bond motifs is 1. The molecule has 1 aliphatic carbocycles. The van der Waals surface area contributed by atoms with E-state index in [1.807, 2.05) is 6.92 Å². The molecule has 0 spiro atoms. The van der Waals surface area contributed by atoms with Crippen LogP contribution in [0, 0.1) is 11.8 Å². The van der Waals surface area contributed by atoms with Gasteiger partial charge in [-0.3, -0.25) is 9.69 Å². The largest absolute Gasteiger partial charge is 0.481 e. The molecule has 1 atom stereocenters. The molecule has 1 heterocycles. The van der Waals surface area contributed by atoms with E-state index in [2.05, 4.69) is 29.2 Å². The van der Waals surface area contributed by atoms with Gasteiger partial charge in [-0.25, -0.2) is 0 Å². The molecule has 2 aliphatic rings. The van der Waals surface area contributed by atoms with Gasteiger partial charge in [-0.2, -0.15) is 0 Å². The summed E-state index contributed by atoms with van der Waals surface area (Å²) in [5, 5.41) is 8.99. The van der Waals surface area contributed by atoms with Crippen molar-refractivity contribution in [1.29, 1.82) is 0 Å². The zero-order valence-electron chi connectivity index (χ0n) is 10.7. The van der Waals surface area contributed by atoms with Crippen molar-refractivity contribution >= 4 is 5.97 Å². The van der Waals surface area contributed by atoms with E-state index in [1.165, 1.54) is 11.1 Å². The monoisotopic (exact) mass is 245 g/mol. The fourth-order valence-corrected chi connectivity index (χ4v) is 3.16. The fourth-order valence-electron chi connectivity index (χ4n) is 3.16. The number of benzene rings is 1. The highest BCUT2D eigenvalue weighted by atomic mass is 16.4. The van der Waals surface area contributed by atoms with Gasteiger partial charge in [0, 0.05) is 19.1 Å². The molecular formula is C15H19NO2. The number of hydrogen-bond donors (Lipinski definition) is 1. The number of hydrogen-bond acceptors (Lipinski definition) is 2. The molecule has 1 aliphatic heterocycles. The van der Waals surface area contributed by atoms with Gasteiger partial charge in [0.15, 0.2) is 0 Å². The van der Waals surface area contributed by atoms with Crippen LogP contribution in [0.2, 0.25) is 0 Å². The summed E-state index contributed by atoms with van der Waals surface area (Å²) in [4.78, 5) is 13.4. The summed E-state index contributed by atoms with van der Waals surface area (Å²) in [6, 6.07) is 9.23. The molecule has 0 amide bonds. The van der Waals surface area contributed by atoms with Gasteiger partial charge >= 0.3 is 5.97 Å². The van der Waals surface area contributed by atoms with E-state index in [4.69, 9.17) is 5.11 Å². The lowest BCUT2D eigenvalue weighted by molar-refractivity contribution is -0.146. The Morgan fingerprint density at radius 3 is 2.33 bits per heavy atom. The first-order chi connectivity index (χ1) is 8.65. The Labute approximate surface area is 107 Å². The van der Waals surface area contributed by atoms with E-state index in [1.54, 1.807) is 0 Å². The fraction of sp³-hybridized carbons (Fsp3) is 0.533. The zero-order valence-corrected chi connectivity index (χ0v) is 10.7. The maximum absolute atomic E-state index is 10.9. The Bertz CT molecular complexity index is 440. The van der Waals surface area contributed by atoms with Crippen molar-refractivity contribution in [3.05, 3.63) is 35.4 Å². The van der Waals surface area contributed by atoms with Gasteiger partial charge in [-0.1, -0.05) is 31.2 Å². The molecule has 96 valence electrons. The van der Waals surface area contributed by atoms with Gasteiger partial charge in [-0.05, 0) is 29.9 Å². The minimum atomic E-state index is -0.658. The van der Waals surface area contributed by atoms with Gasteiger partial charge < -0.3 is 5.11 Å². The molecule has 3 heteroatoms. The third kappa shape index (κ3) is 1.93. The molecule has 0 radical (unpaired) electrons. The molecule has 0 saturated carbocycles. The van der Waals surface area contributed by atoms with Crippen LogP contribution < -0.4 is 0 Å².